The fraction of sp³-hybridized carbons (Fsp3) is 0. The first-order valence-corrected chi connectivity index (χ1v) is 47.8. The molecular weight excluding hydrogens is 1690 g/mol. The summed E-state index contributed by atoms with van der Waals surface area (Å²) in [5, 5.41) is 38.5. The van der Waals surface area contributed by atoms with Crippen molar-refractivity contribution in [2.75, 3.05) is 0 Å². The minimum absolute atomic E-state index is 0.728. The number of rotatable bonds is 9. The average Bonchev–Trinajstić information content (AvgIpc) is 0.745. The van der Waals surface area contributed by atoms with Crippen molar-refractivity contribution in [1.82, 2.24) is 29.9 Å². The van der Waals surface area contributed by atoms with Crippen molar-refractivity contribution in [3.8, 4) is 101 Å². The number of aromatic nitrogens is 6. The maximum Gasteiger partial charge on any atom is 0.160 e. The van der Waals surface area contributed by atoms with Crippen molar-refractivity contribution in [2.45, 2.75) is 0 Å². The zero-order valence-electron chi connectivity index (χ0n) is 76.0. The Morgan fingerprint density at radius 3 is 0.764 bits per heavy atom. The van der Waals surface area contributed by atoms with Crippen LogP contribution >= 0.6 is 0 Å². The first-order chi connectivity index (χ1) is 69.4. The quantitative estimate of drug-likeness (QED) is 0.134. The monoisotopic (exact) mass is 1770 g/mol. The molecular formula is C134H82N6. The Labute approximate surface area is 806 Å². The molecule has 6 heteroatoms. The fourth-order valence-corrected chi connectivity index (χ4v) is 21.7. The molecule has 0 aliphatic rings. The summed E-state index contributed by atoms with van der Waals surface area (Å²) in [6.45, 7) is 0. The minimum Gasteiger partial charge on any atom is -0.228 e. The van der Waals surface area contributed by atoms with Crippen molar-refractivity contribution < 1.29 is 0 Å². The van der Waals surface area contributed by atoms with E-state index in [1.54, 1.807) is 0 Å². The molecule has 140 heavy (non-hydrogen) atoms. The van der Waals surface area contributed by atoms with Crippen LogP contribution in [0.2, 0.25) is 0 Å². The van der Waals surface area contributed by atoms with Gasteiger partial charge in [-0.15, -0.1) is 0 Å². The van der Waals surface area contributed by atoms with Gasteiger partial charge in [-0.1, -0.05) is 443 Å². The first kappa shape index (κ1) is 81.0. The lowest BCUT2D eigenvalue weighted by Crippen LogP contribution is -1.96. The van der Waals surface area contributed by atoms with Crippen LogP contribution in [-0.4, -0.2) is 29.9 Å². The molecule has 0 unspecified atom stereocenters. The molecule has 0 radical (unpaired) electrons. The van der Waals surface area contributed by atoms with Crippen LogP contribution in [0, 0.1) is 0 Å². The van der Waals surface area contributed by atoms with Crippen molar-refractivity contribution in [3.63, 3.8) is 0 Å². The molecule has 26 aromatic carbocycles. The van der Waals surface area contributed by atoms with Gasteiger partial charge in [0.1, 0.15) is 0 Å². The van der Waals surface area contributed by atoms with Crippen LogP contribution in [0.4, 0.5) is 0 Å². The SMILES string of the molecule is c1ccc(-c2nc(-c3ccc4ccccc4c3)c3ccc(-c4ccc5c(ccc6ccc7c8ccccc8ccc7c65)c4)cc3n2)cc1.c1ccc(-c2nc(-c3ccc4ccccc4c3)c3ccc(-c4cccc5c4ccc4ccc6c7ccccc7ccc6c45)cc3n2)cc1.c1ccc(-c2nc(-c3ccccc3)c3ccc(-c4cccc5c4ccc4ccc6c7ccccc7ccc6c45)cc3n2)cc1. The third-order valence-corrected chi connectivity index (χ3v) is 28.5. The summed E-state index contributed by atoms with van der Waals surface area (Å²) in [6, 6.07) is 178. The van der Waals surface area contributed by atoms with Gasteiger partial charge < -0.3 is 0 Å². The normalized spacial score (nSPS) is 11.7. The third kappa shape index (κ3) is 14.2. The van der Waals surface area contributed by atoms with Gasteiger partial charge in [-0.3, -0.25) is 0 Å². The van der Waals surface area contributed by atoms with Gasteiger partial charge in [0, 0.05) is 49.5 Å². The molecule has 29 aromatic rings. The lowest BCUT2D eigenvalue weighted by atomic mass is 9.90. The molecule has 0 amide bonds. The smallest absolute Gasteiger partial charge is 0.160 e. The summed E-state index contributed by atoms with van der Waals surface area (Å²) in [5.41, 5.74) is 18.9. The molecule has 6 nitrogen and oxygen atoms in total. The van der Waals surface area contributed by atoms with Gasteiger partial charge in [0.25, 0.3) is 0 Å². The minimum atomic E-state index is 0.728. The van der Waals surface area contributed by atoms with E-state index in [1.165, 1.54) is 168 Å². The summed E-state index contributed by atoms with van der Waals surface area (Å²) >= 11 is 0. The Kier molecular flexibility index (Phi) is 19.5. The van der Waals surface area contributed by atoms with Crippen LogP contribution in [0.3, 0.4) is 0 Å². The summed E-state index contributed by atoms with van der Waals surface area (Å²) in [6.07, 6.45) is 0. The fourth-order valence-electron chi connectivity index (χ4n) is 21.7. The van der Waals surface area contributed by atoms with E-state index in [0.717, 1.165) is 117 Å². The van der Waals surface area contributed by atoms with E-state index >= 15 is 0 Å². The van der Waals surface area contributed by atoms with Crippen LogP contribution in [0.15, 0.2) is 497 Å². The molecule has 3 aromatic heterocycles. The maximum atomic E-state index is 5.17. The van der Waals surface area contributed by atoms with Crippen LogP contribution in [0.5, 0.6) is 0 Å². The Morgan fingerprint density at radius 2 is 0.357 bits per heavy atom. The van der Waals surface area contributed by atoms with Gasteiger partial charge in [0.05, 0.1) is 33.6 Å². The largest absolute Gasteiger partial charge is 0.228 e. The Bertz CT molecular complexity index is 10200. The highest BCUT2D eigenvalue weighted by molar-refractivity contribution is 6.29. The van der Waals surface area contributed by atoms with Gasteiger partial charge in [0.15, 0.2) is 17.5 Å². The molecule has 0 aliphatic heterocycles. The molecule has 648 valence electrons. The predicted molar refractivity (Wildman–Crippen MR) is 593 cm³/mol. The molecule has 0 N–H and O–H groups in total. The Hall–Kier alpha value is -18.6. The highest BCUT2D eigenvalue weighted by atomic mass is 14.9. The summed E-state index contributed by atoms with van der Waals surface area (Å²) < 4.78 is 0. The Morgan fingerprint density at radius 1 is 0.107 bits per heavy atom. The summed E-state index contributed by atoms with van der Waals surface area (Å²) in [5.74, 6) is 2.19. The molecule has 0 atom stereocenters. The highest BCUT2D eigenvalue weighted by Crippen LogP contribution is 2.46. The lowest BCUT2D eigenvalue weighted by molar-refractivity contribution is 1.23. The van der Waals surface area contributed by atoms with Crippen LogP contribution in [0.25, 0.3) is 285 Å². The second-order valence-corrected chi connectivity index (χ2v) is 36.5. The average molecular weight is 1780 g/mol. The van der Waals surface area contributed by atoms with Gasteiger partial charge in [0.2, 0.25) is 0 Å². The number of nitrogens with zero attached hydrogens (tertiary/aromatic N) is 6. The molecule has 0 spiro atoms. The van der Waals surface area contributed by atoms with E-state index in [2.05, 4.69) is 437 Å². The number of hydrogen-bond acceptors (Lipinski definition) is 6. The lowest BCUT2D eigenvalue weighted by Gasteiger charge is -2.14. The van der Waals surface area contributed by atoms with Gasteiger partial charge >= 0.3 is 0 Å². The van der Waals surface area contributed by atoms with Gasteiger partial charge in [-0.25, -0.2) is 29.9 Å². The molecule has 0 saturated carbocycles. The number of hydrogen-bond donors (Lipinski definition) is 0. The van der Waals surface area contributed by atoms with E-state index in [1.807, 2.05) is 60.7 Å². The molecule has 0 bridgehead atoms. The topological polar surface area (TPSA) is 77.3 Å². The molecule has 3 heterocycles. The highest BCUT2D eigenvalue weighted by Gasteiger charge is 2.22. The Balaban J connectivity index is 0.000000106. The van der Waals surface area contributed by atoms with Crippen molar-refractivity contribution in [1.29, 1.82) is 0 Å². The maximum absolute atomic E-state index is 5.17. The third-order valence-electron chi connectivity index (χ3n) is 28.5. The second-order valence-electron chi connectivity index (χ2n) is 36.5. The van der Waals surface area contributed by atoms with Crippen LogP contribution in [0.1, 0.15) is 0 Å². The van der Waals surface area contributed by atoms with Gasteiger partial charge in [-0.2, -0.15) is 0 Å². The van der Waals surface area contributed by atoms with Crippen LogP contribution < -0.4 is 0 Å². The molecule has 0 fully saturated rings. The number of fused-ring (bicyclic) bond motifs is 26. The standard InChI is InChI=1S/2C46H28N2.C42H26N2/c1-2-11-32(12-3-1)46-47-43-28-34(22-26-42(43)45(48-46)35-18-17-29-9-4-5-13-33(29)27-35)37-15-8-16-40-39(37)24-21-31-20-23-38-36-14-7-6-10-30(36)19-25-41(38)44(31)40;1-2-10-32(11-3-1)46-47-43-28-35(21-25-42(43)45(48-46)37-17-14-29-8-4-5-12-33(29)27-37)34-20-22-39-36(26-34)16-15-31-19-23-40-38-13-7-6-9-30(38)18-24-41(40)44(31)39;1-3-11-29(12-4-1)41-38-25-21-31(26-39(38)43-42(44-41)30-13-5-2-6-14-30)33-16-9-17-36-35(33)23-20-28-19-22-34-32-15-8-7-10-27(32)18-24-37(34)40(28)36/h2*1-28H;1-26H. The van der Waals surface area contributed by atoms with Crippen molar-refractivity contribution in [2.24, 2.45) is 0 Å². The van der Waals surface area contributed by atoms with Gasteiger partial charge in [-0.05, 0) is 239 Å². The predicted octanol–water partition coefficient (Wildman–Crippen LogP) is 36.0. The second kappa shape index (κ2) is 33.8. The van der Waals surface area contributed by atoms with E-state index in [9.17, 15) is 0 Å². The van der Waals surface area contributed by atoms with Crippen LogP contribution in [-0.2, 0) is 0 Å². The van der Waals surface area contributed by atoms with E-state index in [0.29, 0.717) is 0 Å². The molecule has 0 aliphatic carbocycles. The van der Waals surface area contributed by atoms with E-state index in [4.69, 9.17) is 29.9 Å². The van der Waals surface area contributed by atoms with E-state index < -0.39 is 0 Å². The molecule has 0 saturated heterocycles. The van der Waals surface area contributed by atoms with E-state index in [-0.39, 0.29) is 0 Å². The number of benzene rings is 26. The first-order valence-electron chi connectivity index (χ1n) is 47.8. The summed E-state index contributed by atoms with van der Waals surface area (Å²) in [4.78, 5) is 30.8. The zero-order chi connectivity index (χ0) is 92.2. The zero-order valence-corrected chi connectivity index (χ0v) is 76.0. The summed E-state index contributed by atoms with van der Waals surface area (Å²) in [7, 11) is 0. The molecule has 29 rings (SSSR count). The van der Waals surface area contributed by atoms with Crippen molar-refractivity contribution >= 4 is 184 Å². The van der Waals surface area contributed by atoms with Crippen molar-refractivity contribution in [3.05, 3.63) is 497 Å².